The Labute approximate surface area is 367 Å². The molecule has 0 amide bonds. The van der Waals surface area contributed by atoms with Gasteiger partial charge >= 0.3 is 0 Å². The van der Waals surface area contributed by atoms with Crippen LogP contribution in [0.1, 0.15) is 110 Å². The van der Waals surface area contributed by atoms with Gasteiger partial charge in [0.15, 0.2) is 7.28 Å². The van der Waals surface area contributed by atoms with Gasteiger partial charge in [0.2, 0.25) is 0 Å². The van der Waals surface area contributed by atoms with E-state index in [2.05, 4.69) is 216 Å². The third-order valence-corrected chi connectivity index (χ3v) is 14.2. The molecular weight excluding hydrogens is 751 g/mol. The lowest BCUT2D eigenvalue weighted by Crippen LogP contribution is -2.38. The molecule has 0 unspecified atom stereocenters. The summed E-state index contributed by atoms with van der Waals surface area (Å²) in [6, 6.07) is 43.9. The maximum Gasteiger partial charge on any atom is 0.197 e. The summed E-state index contributed by atoms with van der Waals surface area (Å²) in [5, 5.41) is 8.86. The molecule has 4 heteroatoms. The molecule has 3 heterocycles. The van der Waals surface area contributed by atoms with Crippen LogP contribution in [0.4, 0.5) is 11.4 Å². The third kappa shape index (κ3) is 5.71. The summed E-state index contributed by atoms with van der Waals surface area (Å²) >= 11 is 0. The van der Waals surface area contributed by atoms with Crippen molar-refractivity contribution in [3.05, 3.63) is 149 Å². The topological polar surface area (TPSA) is 30.1 Å². The van der Waals surface area contributed by atoms with E-state index in [-0.39, 0.29) is 21.7 Å². The van der Waals surface area contributed by atoms with Crippen LogP contribution in [0.2, 0.25) is 0 Å². The number of rotatable bonds is 3. The lowest BCUT2D eigenvalue weighted by molar-refractivity contribution is 0.584. The second kappa shape index (κ2) is 12.8. The molecule has 11 rings (SSSR count). The molecule has 1 aliphatic heterocycles. The van der Waals surface area contributed by atoms with Crippen LogP contribution < -0.4 is 16.2 Å². The second-order valence-electron chi connectivity index (χ2n) is 21.9. The highest BCUT2D eigenvalue weighted by Crippen LogP contribution is 2.53. The van der Waals surface area contributed by atoms with E-state index in [1.165, 1.54) is 94.1 Å². The van der Waals surface area contributed by atoms with Gasteiger partial charge in [0.05, 0.1) is 5.52 Å². The lowest BCUT2D eigenvalue weighted by atomic mass is 9.58. The van der Waals surface area contributed by atoms with Gasteiger partial charge < -0.3 is 14.3 Å². The van der Waals surface area contributed by atoms with Crippen molar-refractivity contribution in [2.45, 2.75) is 105 Å². The van der Waals surface area contributed by atoms with E-state index < -0.39 is 0 Å². The van der Waals surface area contributed by atoms with Crippen LogP contribution in [-0.2, 0) is 21.7 Å². The number of para-hydroxylation sites is 1. The number of fused-ring (bicyclic) bond motifs is 11. The molecule has 1 N–H and O–H groups in total. The summed E-state index contributed by atoms with van der Waals surface area (Å²) in [6.45, 7) is 27.8. The molecule has 7 aromatic carbocycles. The molecule has 0 saturated heterocycles. The summed E-state index contributed by atoms with van der Waals surface area (Å²) in [6.07, 6.45) is 0. The van der Waals surface area contributed by atoms with E-state index >= 15 is 0 Å². The Hall–Kier alpha value is -6.00. The van der Waals surface area contributed by atoms with E-state index in [4.69, 9.17) is 4.42 Å². The molecule has 1 aliphatic carbocycles. The molecule has 62 heavy (non-hydrogen) atoms. The van der Waals surface area contributed by atoms with Gasteiger partial charge in [-0.3, -0.25) is 0 Å². The van der Waals surface area contributed by atoms with E-state index in [9.17, 15) is 0 Å². The van der Waals surface area contributed by atoms with Crippen LogP contribution in [0.25, 0.3) is 71.7 Å². The lowest BCUT2D eigenvalue weighted by Gasteiger charge is -2.28. The van der Waals surface area contributed by atoms with Gasteiger partial charge in [-0.2, -0.15) is 0 Å². The van der Waals surface area contributed by atoms with Gasteiger partial charge in [0, 0.05) is 61.2 Å². The maximum atomic E-state index is 6.56. The van der Waals surface area contributed by atoms with Crippen molar-refractivity contribution in [2.24, 2.45) is 0 Å². The average molecular weight is 808 g/mol. The monoisotopic (exact) mass is 807 g/mol. The summed E-state index contributed by atoms with van der Waals surface area (Å²) in [7, 11) is 2.47. The Kier molecular flexibility index (Phi) is 8.02. The number of anilines is 2. The molecule has 0 atom stereocenters. The highest BCUT2D eigenvalue weighted by atomic mass is 16.3. The van der Waals surface area contributed by atoms with Crippen LogP contribution in [0.15, 0.2) is 120 Å². The molecule has 0 spiro atoms. The fourth-order valence-electron chi connectivity index (χ4n) is 10.6. The molecular formula is C58H56BN2O. The first kappa shape index (κ1) is 38.9. The van der Waals surface area contributed by atoms with Crippen molar-refractivity contribution < 1.29 is 4.42 Å². The van der Waals surface area contributed by atoms with Gasteiger partial charge in [-0.15, -0.1) is 0 Å². The first-order chi connectivity index (χ1) is 29.3. The van der Waals surface area contributed by atoms with Crippen molar-refractivity contribution >= 4 is 73.3 Å². The SMILES string of the molecule is Cc1cc(-c2cc3c(cc2Nc2ccc(C(C)(C)C)cc2)C(C)(C)c2cc(C(C)(C)C)ccc2-3)c2c3c1c1cc4c(cc1n3-c1ccc(C(C)(C)C)cc1[B]2)oc1ccccc14. The minimum Gasteiger partial charge on any atom is -0.456 e. The van der Waals surface area contributed by atoms with Crippen LogP contribution in [-0.4, -0.2) is 11.8 Å². The molecule has 3 nitrogen and oxygen atoms in total. The number of benzene rings is 7. The zero-order chi connectivity index (χ0) is 43.4. The number of nitrogens with zero attached hydrogens (tertiary/aromatic N) is 1. The normalized spacial score (nSPS) is 14.4. The number of furan rings is 1. The Bertz CT molecular complexity index is 3370. The summed E-state index contributed by atoms with van der Waals surface area (Å²) < 4.78 is 9.09. The Morgan fingerprint density at radius 1 is 0.565 bits per heavy atom. The Morgan fingerprint density at radius 3 is 1.95 bits per heavy atom. The Balaban J connectivity index is 1.22. The standard InChI is InChI=1S/C58H56BN2O/c1-32-25-42(40-28-39-37-23-19-34(56(5,6)7)26-44(37)58(11,12)45(39)30-47(40)60-36-21-17-33(18-22-36)55(2,3)4)53-54-52(32)43-29-41-38-15-13-14-16-50(38)62-51(41)31-49(43)61(54)48-24-20-35(57(8,9)10)27-46(48)59-53/h13-31,60H,1-12H3. The largest absolute Gasteiger partial charge is 0.456 e. The number of hydrogen-bond donors (Lipinski definition) is 1. The second-order valence-corrected chi connectivity index (χ2v) is 21.9. The quantitative estimate of drug-likeness (QED) is 0.180. The first-order valence-electron chi connectivity index (χ1n) is 22.4. The first-order valence-corrected chi connectivity index (χ1v) is 22.4. The van der Waals surface area contributed by atoms with Crippen LogP contribution >= 0.6 is 0 Å². The number of aromatic nitrogens is 1. The molecule has 307 valence electrons. The summed E-state index contributed by atoms with van der Waals surface area (Å²) in [5.41, 5.74) is 23.2. The number of hydrogen-bond acceptors (Lipinski definition) is 2. The van der Waals surface area contributed by atoms with E-state index in [0.717, 1.165) is 33.3 Å². The smallest absolute Gasteiger partial charge is 0.197 e. The highest BCUT2D eigenvalue weighted by molar-refractivity contribution is 6.73. The predicted molar refractivity (Wildman–Crippen MR) is 267 cm³/mol. The van der Waals surface area contributed by atoms with Gasteiger partial charge in [-0.1, -0.05) is 148 Å². The molecule has 2 aromatic heterocycles. The number of nitrogens with one attached hydrogen (secondary N) is 1. The van der Waals surface area contributed by atoms with Crippen molar-refractivity contribution in [1.29, 1.82) is 0 Å². The average Bonchev–Trinajstić information content (AvgIpc) is 3.82. The molecule has 1 radical (unpaired) electrons. The molecule has 0 saturated carbocycles. The molecule has 9 aromatic rings. The highest BCUT2D eigenvalue weighted by Gasteiger charge is 2.38. The van der Waals surface area contributed by atoms with E-state index in [1.54, 1.807) is 0 Å². The van der Waals surface area contributed by atoms with Crippen LogP contribution in [0.5, 0.6) is 0 Å². The van der Waals surface area contributed by atoms with Gasteiger partial charge in [0.25, 0.3) is 0 Å². The zero-order valence-electron chi connectivity index (χ0n) is 38.4. The third-order valence-electron chi connectivity index (χ3n) is 14.2. The molecule has 0 bridgehead atoms. The molecule has 0 fully saturated rings. The predicted octanol–water partition coefficient (Wildman–Crippen LogP) is 14.6. The van der Waals surface area contributed by atoms with E-state index in [0.29, 0.717) is 0 Å². The summed E-state index contributed by atoms with van der Waals surface area (Å²) in [5.74, 6) is 0. The van der Waals surface area contributed by atoms with Crippen molar-refractivity contribution in [3.8, 4) is 27.9 Å². The Morgan fingerprint density at radius 2 is 1.23 bits per heavy atom. The fourth-order valence-corrected chi connectivity index (χ4v) is 10.6. The number of aryl methyl sites for hydroxylation is 1. The van der Waals surface area contributed by atoms with Gasteiger partial charge in [0.1, 0.15) is 11.2 Å². The van der Waals surface area contributed by atoms with Gasteiger partial charge in [-0.25, -0.2) is 0 Å². The minimum atomic E-state index is -0.174. The zero-order valence-corrected chi connectivity index (χ0v) is 38.4. The minimum absolute atomic E-state index is 0.000427. The van der Waals surface area contributed by atoms with E-state index in [1.807, 2.05) is 0 Å². The van der Waals surface area contributed by atoms with Crippen LogP contribution in [0.3, 0.4) is 0 Å². The molecule has 2 aliphatic rings. The fraction of sp³-hybridized carbons (Fsp3) is 0.276. The van der Waals surface area contributed by atoms with Crippen molar-refractivity contribution in [1.82, 2.24) is 4.57 Å². The van der Waals surface area contributed by atoms with Crippen LogP contribution in [0, 0.1) is 6.92 Å². The van der Waals surface area contributed by atoms with Gasteiger partial charge in [-0.05, 0) is 121 Å². The summed E-state index contributed by atoms with van der Waals surface area (Å²) in [4.78, 5) is 0. The maximum absolute atomic E-state index is 6.56. The van der Waals surface area contributed by atoms with Crippen molar-refractivity contribution in [2.75, 3.05) is 5.32 Å². The van der Waals surface area contributed by atoms with Crippen molar-refractivity contribution in [3.63, 3.8) is 0 Å².